The zero-order chi connectivity index (χ0) is 20.0. The number of benzene rings is 1. The van der Waals surface area contributed by atoms with Crippen molar-refractivity contribution < 1.29 is 13.2 Å². The van der Waals surface area contributed by atoms with Crippen LogP contribution in [0.1, 0.15) is 25.3 Å². The molecule has 7 nitrogen and oxygen atoms in total. The van der Waals surface area contributed by atoms with Crippen molar-refractivity contribution in [3.8, 4) is 0 Å². The molecule has 0 spiro atoms. The van der Waals surface area contributed by atoms with Gasteiger partial charge in [0.2, 0.25) is 0 Å². The SMILES string of the molecule is CCNC(=NCC1(S(C)(=O)=O)CCOCC1)NCCc1c[nH]c2ccccc12.I. The summed E-state index contributed by atoms with van der Waals surface area (Å²) in [7, 11) is -3.23. The molecule has 0 saturated carbocycles. The Morgan fingerprint density at radius 1 is 1.24 bits per heavy atom. The van der Waals surface area contributed by atoms with Crippen molar-refractivity contribution >= 4 is 50.7 Å². The van der Waals surface area contributed by atoms with E-state index in [2.05, 4.69) is 32.7 Å². The number of aromatic nitrogens is 1. The van der Waals surface area contributed by atoms with Gasteiger partial charge < -0.3 is 20.4 Å². The zero-order valence-electron chi connectivity index (χ0n) is 17.0. The topological polar surface area (TPSA) is 95.6 Å². The molecule has 1 aromatic heterocycles. The fourth-order valence-electron chi connectivity index (χ4n) is 3.61. The van der Waals surface area contributed by atoms with Crippen molar-refractivity contribution in [3.05, 3.63) is 36.0 Å². The summed E-state index contributed by atoms with van der Waals surface area (Å²) in [5, 5.41) is 7.77. The van der Waals surface area contributed by atoms with Crippen molar-refractivity contribution in [3.63, 3.8) is 0 Å². The highest BCUT2D eigenvalue weighted by Crippen LogP contribution is 2.29. The number of rotatable bonds is 7. The minimum atomic E-state index is -3.23. The van der Waals surface area contributed by atoms with Crippen LogP contribution in [0, 0.1) is 0 Å². The van der Waals surface area contributed by atoms with Crippen LogP contribution < -0.4 is 10.6 Å². The van der Waals surface area contributed by atoms with Gasteiger partial charge in [-0.3, -0.25) is 4.99 Å². The molecule has 3 N–H and O–H groups in total. The average Bonchev–Trinajstić information content (AvgIpc) is 3.09. The molecule has 0 amide bonds. The van der Waals surface area contributed by atoms with Crippen molar-refractivity contribution in [2.45, 2.75) is 30.9 Å². The molecule has 3 rings (SSSR count). The highest BCUT2D eigenvalue weighted by atomic mass is 127. The zero-order valence-corrected chi connectivity index (χ0v) is 20.2. The van der Waals surface area contributed by atoms with Gasteiger partial charge in [-0.25, -0.2) is 8.42 Å². The normalized spacial score (nSPS) is 17.0. The molecule has 0 bridgehead atoms. The first-order chi connectivity index (χ1) is 13.5. The second kappa shape index (κ2) is 10.6. The summed E-state index contributed by atoms with van der Waals surface area (Å²) in [6.45, 7) is 4.60. The summed E-state index contributed by atoms with van der Waals surface area (Å²) in [6, 6.07) is 8.24. The number of sulfone groups is 1. The standard InChI is InChI=1S/C20H30N4O3S.HI/c1-3-21-19(24-15-20(28(2,25)26)9-12-27-13-10-20)22-11-8-16-14-23-18-7-5-4-6-17(16)18;/h4-7,14,23H,3,8-13,15H2,1-2H3,(H2,21,22,24);1H. The molecular formula is C20H31IN4O3S. The summed E-state index contributed by atoms with van der Waals surface area (Å²) >= 11 is 0. The summed E-state index contributed by atoms with van der Waals surface area (Å²) in [5.74, 6) is 0.650. The minimum absolute atomic E-state index is 0. The third-order valence-electron chi connectivity index (χ3n) is 5.42. The number of aromatic amines is 1. The summed E-state index contributed by atoms with van der Waals surface area (Å²) < 4.78 is 29.3. The Bertz CT molecular complexity index is 921. The van der Waals surface area contributed by atoms with Crippen molar-refractivity contribution in [2.75, 3.05) is 39.1 Å². The molecule has 0 aliphatic carbocycles. The number of hydrogen-bond donors (Lipinski definition) is 3. The van der Waals surface area contributed by atoms with Gasteiger partial charge in [0.25, 0.3) is 0 Å². The number of ether oxygens (including phenoxy) is 1. The first kappa shape index (κ1) is 23.9. The smallest absolute Gasteiger partial charge is 0.191 e. The van der Waals surface area contributed by atoms with E-state index in [0.717, 1.165) is 11.9 Å². The Kier molecular flexibility index (Phi) is 8.77. The van der Waals surface area contributed by atoms with Crippen molar-refractivity contribution in [1.82, 2.24) is 15.6 Å². The lowest BCUT2D eigenvalue weighted by Gasteiger charge is -2.34. The Morgan fingerprint density at radius 3 is 2.66 bits per heavy atom. The van der Waals surface area contributed by atoms with Crippen molar-refractivity contribution in [1.29, 1.82) is 0 Å². The number of H-pyrrole nitrogens is 1. The Morgan fingerprint density at radius 2 is 1.97 bits per heavy atom. The Labute approximate surface area is 190 Å². The molecule has 1 aromatic carbocycles. The molecule has 1 aliphatic rings. The van der Waals surface area contributed by atoms with Gasteiger partial charge in [-0.05, 0) is 37.8 Å². The number of nitrogens with zero attached hydrogens (tertiary/aromatic N) is 1. The van der Waals surface area contributed by atoms with Crippen LogP contribution in [0.2, 0.25) is 0 Å². The van der Waals surface area contributed by atoms with E-state index >= 15 is 0 Å². The largest absolute Gasteiger partial charge is 0.381 e. The third kappa shape index (κ3) is 5.85. The molecule has 0 unspecified atom stereocenters. The lowest BCUT2D eigenvalue weighted by Crippen LogP contribution is -2.47. The Balaban J connectivity index is 0.00000300. The maximum absolute atomic E-state index is 12.4. The minimum Gasteiger partial charge on any atom is -0.381 e. The number of aliphatic imine (C=N–C) groups is 1. The molecule has 2 aromatic rings. The van der Waals surface area contributed by atoms with E-state index in [0.29, 0.717) is 45.1 Å². The maximum atomic E-state index is 12.4. The van der Waals surface area contributed by atoms with E-state index in [4.69, 9.17) is 4.74 Å². The number of nitrogens with one attached hydrogen (secondary N) is 3. The van der Waals surface area contributed by atoms with Crippen LogP contribution in [0.5, 0.6) is 0 Å². The van der Waals surface area contributed by atoms with E-state index in [1.165, 1.54) is 17.2 Å². The molecule has 0 radical (unpaired) electrons. The fourth-order valence-corrected chi connectivity index (χ4v) is 4.82. The van der Waals surface area contributed by atoms with Crippen LogP contribution in [-0.2, 0) is 21.0 Å². The number of hydrogen-bond acceptors (Lipinski definition) is 4. The van der Waals surface area contributed by atoms with Crippen LogP contribution in [0.3, 0.4) is 0 Å². The summed E-state index contributed by atoms with van der Waals surface area (Å²) in [4.78, 5) is 7.90. The number of halogens is 1. The molecule has 9 heteroatoms. The van der Waals surface area contributed by atoms with Crippen LogP contribution in [0.15, 0.2) is 35.5 Å². The predicted molar refractivity (Wildman–Crippen MR) is 129 cm³/mol. The molecular weight excluding hydrogens is 503 g/mol. The lowest BCUT2D eigenvalue weighted by molar-refractivity contribution is 0.0768. The van der Waals surface area contributed by atoms with E-state index in [-0.39, 0.29) is 30.5 Å². The van der Waals surface area contributed by atoms with Gasteiger partial charge in [-0.2, -0.15) is 0 Å². The van der Waals surface area contributed by atoms with E-state index in [1.807, 2.05) is 25.3 Å². The molecule has 29 heavy (non-hydrogen) atoms. The summed E-state index contributed by atoms with van der Waals surface area (Å²) in [6.07, 6.45) is 5.18. The van der Waals surface area contributed by atoms with E-state index in [9.17, 15) is 8.42 Å². The number of guanidine groups is 1. The van der Waals surface area contributed by atoms with Crippen LogP contribution in [-0.4, -0.2) is 63.2 Å². The first-order valence-electron chi connectivity index (χ1n) is 9.80. The number of para-hydroxylation sites is 1. The van der Waals surface area contributed by atoms with Crippen LogP contribution in [0.25, 0.3) is 10.9 Å². The molecule has 1 fully saturated rings. The molecule has 162 valence electrons. The molecule has 0 atom stereocenters. The van der Waals surface area contributed by atoms with Gasteiger partial charge in [0.05, 0.1) is 11.3 Å². The van der Waals surface area contributed by atoms with Gasteiger partial charge in [0, 0.05) is 49.7 Å². The molecule has 1 aliphatic heterocycles. The monoisotopic (exact) mass is 534 g/mol. The van der Waals surface area contributed by atoms with Crippen LogP contribution >= 0.6 is 24.0 Å². The van der Waals surface area contributed by atoms with Gasteiger partial charge >= 0.3 is 0 Å². The van der Waals surface area contributed by atoms with Gasteiger partial charge in [-0.1, -0.05) is 18.2 Å². The first-order valence-corrected chi connectivity index (χ1v) is 11.7. The van der Waals surface area contributed by atoms with Gasteiger partial charge in [0.15, 0.2) is 15.8 Å². The lowest BCUT2D eigenvalue weighted by atomic mass is 9.99. The predicted octanol–water partition coefficient (Wildman–Crippen LogP) is 2.48. The maximum Gasteiger partial charge on any atom is 0.191 e. The quantitative estimate of drug-likeness (QED) is 0.288. The average molecular weight is 534 g/mol. The van der Waals surface area contributed by atoms with E-state index < -0.39 is 14.6 Å². The second-order valence-electron chi connectivity index (χ2n) is 7.30. The summed E-state index contributed by atoms with van der Waals surface area (Å²) in [5.41, 5.74) is 2.38. The van der Waals surface area contributed by atoms with Crippen LogP contribution in [0.4, 0.5) is 0 Å². The highest BCUT2D eigenvalue weighted by Gasteiger charge is 2.42. The fraction of sp³-hybridized carbons (Fsp3) is 0.550. The van der Waals surface area contributed by atoms with Crippen molar-refractivity contribution in [2.24, 2.45) is 4.99 Å². The molecule has 1 saturated heterocycles. The van der Waals surface area contributed by atoms with Gasteiger partial charge in [0.1, 0.15) is 0 Å². The number of fused-ring (bicyclic) bond motifs is 1. The van der Waals surface area contributed by atoms with Gasteiger partial charge in [-0.15, -0.1) is 24.0 Å². The second-order valence-corrected chi connectivity index (χ2v) is 9.71. The van der Waals surface area contributed by atoms with E-state index in [1.54, 1.807) is 0 Å². The highest BCUT2D eigenvalue weighted by molar-refractivity contribution is 14.0. The molecule has 2 heterocycles. The third-order valence-corrected chi connectivity index (χ3v) is 7.53. The Hall–Kier alpha value is -1.33.